The Hall–Kier alpha value is -3.85. The molecule has 3 aromatic rings. The van der Waals surface area contributed by atoms with Gasteiger partial charge >= 0.3 is 11.9 Å². The fourth-order valence-corrected chi connectivity index (χ4v) is 3.00. The molecule has 0 amide bonds. The van der Waals surface area contributed by atoms with Crippen molar-refractivity contribution >= 4 is 11.9 Å². The summed E-state index contributed by atoms with van der Waals surface area (Å²) in [7, 11) is 1.57. The second kappa shape index (κ2) is 9.38. The van der Waals surface area contributed by atoms with Crippen LogP contribution in [0.3, 0.4) is 0 Å². The third-order valence-corrected chi connectivity index (χ3v) is 4.15. The maximum atomic E-state index is 11.6. The Balaban J connectivity index is 0.000000941. The summed E-state index contributed by atoms with van der Waals surface area (Å²) in [5.41, 5.74) is 2.67. The molecule has 0 bridgehead atoms. The van der Waals surface area contributed by atoms with Crippen molar-refractivity contribution in [1.29, 1.82) is 5.26 Å². The average molecular weight is 390 g/mol. The highest BCUT2D eigenvalue weighted by atomic mass is 16.4. The first kappa shape index (κ1) is 21.5. The van der Waals surface area contributed by atoms with Crippen LogP contribution in [0.15, 0.2) is 54.7 Å². The van der Waals surface area contributed by atoms with Crippen LogP contribution in [0, 0.1) is 11.3 Å². The van der Waals surface area contributed by atoms with Crippen LogP contribution < -0.4 is 0 Å². The van der Waals surface area contributed by atoms with Gasteiger partial charge in [0.2, 0.25) is 0 Å². The summed E-state index contributed by atoms with van der Waals surface area (Å²) >= 11 is 0. The third-order valence-electron chi connectivity index (χ3n) is 4.15. The van der Waals surface area contributed by atoms with Crippen molar-refractivity contribution in [2.75, 3.05) is 0 Å². The normalized spacial score (nSPS) is 9.86. The van der Waals surface area contributed by atoms with Gasteiger partial charge in [-0.3, -0.25) is 0 Å². The van der Waals surface area contributed by atoms with Crippen LogP contribution >= 0.6 is 0 Å². The molecule has 0 saturated carbocycles. The number of nitriles is 1. The van der Waals surface area contributed by atoms with Crippen molar-refractivity contribution in [2.45, 2.75) is 20.3 Å². The Bertz CT molecular complexity index is 1070. The predicted octanol–water partition coefficient (Wildman–Crippen LogP) is 5.04. The largest absolute Gasteiger partial charge is 0.478 e. The maximum absolute atomic E-state index is 11.6. The van der Waals surface area contributed by atoms with Gasteiger partial charge in [-0.15, -0.1) is 0 Å². The van der Waals surface area contributed by atoms with Gasteiger partial charge in [0.25, 0.3) is 0 Å². The minimum atomic E-state index is -1.12. The van der Waals surface area contributed by atoms with E-state index in [2.05, 4.69) is 13.8 Å². The van der Waals surface area contributed by atoms with E-state index in [-0.39, 0.29) is 16.8 Å². The highest BCUT2D eigenvalue weighted by Crippen LogP contribution is 2.32. The molecule has 0 saturated heterocycles. The summed E-state index contributed by atoms with van der Waals surface area (Å²) in [5.74, 6) is -2.14. The molecule has 29 heavy (non-hydrogen) atoms. The van der Waals surface area contributed by atoms with Crippen LogP contribution in [0.25, 0.3) is 22.3 Å². The van der Waals surface area contributed by atoms with Gasteiger partial charge in [-0.1, -0.05) is 62.7 Å². The Morgan fingerprint density at radius 2 is 1.52 bits per heavy atom. The lowest BCUT2D eigenvalue weighted by atomic mass is 9.96. The number of rotatable bonds is 4. The van der Waals surface area contributed by atoms with E-state index in [9.17, 15) is 25.1 Å². The molecule has 2 N–H and O–H groups in total. The van der Waals surface area contributed by atoms with Gasteiger partial charge in [0.1, 0.15) is 11.8 Å². The van der Waals surface area contributed by atoms with E-state index in [1.54, 1.807) is 49.5 Å². The zero-order valence-corrected chi connectivity index (χ0v) is 16.5. The molecule has 0 aliphatic carbocycles. The van der Waals surface area contributed by atoms with E-state index in [4.69, 9.17) is 0 Å². The molecule has 6 nitrogen and oxygen atoms in total. The standard InChI is InChI=1S/C20H14N2O4.C3H8/c1-22-11-14(10-21)17(18(22)20(25)26)13-8-6-12(7-9-13)15-4-2-3-5-16(15)19(23)24;1-3-2/h2-9,11H,1H3,(H,23,24)(H,25,26);3H2,1-2H3. The molecule has 6 heteroatoms. The Morgan fingerprint density at radius 3 is 2.03 bits per heavy atom. The van der Waals surface area contributed by atoms with Gasteiger partial charge in [-0.25, -0.2) is 9.59 Å². The SMILES string of the molecule is CCC.Cn1cc(C#N)c(-c2ccc(-c3ccccc3C(=O)O)cc2)c1C(=O)O. The van der Waals surface area contributed by atoms with Gasteiger partial charge < -0.3 is 14.8 Å². The zero-order valence-electron chi connectivity index (χ0n) is 16.5. The Kier molecular flexibility index (Phi) is 6.94. The van der Waals surface area contributed by atoms with E-state index in [1.807, 2.05) is 6.07 Å². The number of aromatic nitrogens is 1. The van der Waals surface area contributed by atoms with Gasteiger partial charge in [0.15, 0.2) is 0 Å². The molecule has 0 aliphatic heterocycles. The molecule has 0 fully saturated rings. The van der Waals surface area contributed by atoms with E-state index < -0.39 is 11.9 Å². The van der Waals surface area contributed by atoms with Gasteiger partial charge in [-0.05, 0) is 22.8 Å². The quantitative estimate of drug-likeness (QED) is 0.649. The highest BCUT2D eigenvalue weighted by Gasteiger charge is 2.21. The number of hydrogen-bond donors (Lipinski definition) is 2. The van der Waals surface area contributed by atoms with Crippen LogP contribution in [0.5, 0.6) is 0 Å². The maximum Gasteiger partial charge on any atom is 0.353 e. The third kappa shape index (κ3) is 4.53. The molecule has 2 aromatic carbocycles. The van der Waals surface area contributed by atoms with Crippen LogP contribution in [0.2, 0.25) is 0 Å². The van der Waals surface area contributed by atoms with Gasteiger partial charge in [0, 0.05) is 18.8 Å². The summed E-state index contributed by atoms with van der Waals surface area (Å²) in [5, 5.41) is 28.1. The minimum Gasteiger partial charge on any atom is -0.478 e. The first-order chi connectivity index (χ1) is 13.8. The number of nitrogens with zero attached hydrogens (tertiary/aromatic N) is 2. The molecule has 148 valence electrons. The summed E-state index contributed by atoms with van der Waals surface area (Å²) in [6.45, 7) is 4.25. The zero-order chi connectivity index (χ0) is 21.6. The molecule has 1 heterocycles. The monoisotopic (exact) mass is 390 g/mol. The summed E-state index contributed by atoms with van der Waals surface area (Å²) in [6, 6.07) is 15.5. The first-order valence-electron chi connectivity index (χ1n) is 9.11. The van der Waals surface area contributed by atoms with Crippen molar-refractivity contribution in [2.24, 2.45) is 7.05 Å². The Morgan fingerprint density at radius 1 is 0.966 bits per heavy atom. The van der Waals surface area contributed by atoms with E-state index in [1.165, 1.54) is 23.3 Å². The average Bonchev–Trinajstić information content (AvgIpc) is 3.05. The summed E-state index contributed by atoms with van der Waals surface area (Å²) in [4.78, 5) is 22.9. The molecule has 0 atom stereocenters. The molecule has 0 radical (unpaired) electrons. The highest BCUT2D eigenvalue weighted by molar-refractivity contribution is 5.98. The molecule has 3 rings (SSSR count). The number of carboxylic acids is 2. The molecular formula is C23H22N2O4. The number of carboxylic acid groups (broad SMARTS) is 2. The van der Waals surface area contributed by atoms with Crippen molar-refractivity contribution < 1.29 is 19.8 Å². The lowest BCUT2D eigenvalue weighted by Crippen LogP contribution is -2.05. The van der Waals surface area contributed by atoms with Gasteiger partial charge in [0.05, 0.1) is 11.1 Å². The molecule has 0 unspecified atom stereocenters. The summed E-state index contributed by atoms with van der Waals surface area (Å²) in [6.07, 6.45) is 2.73. The topological polar surface area (TPSA) is 103 Å². The predicted molar refractivity (Wildman–Crippen MR) is 111 cm³/mol. The van der Waals surface area contributed by atoms with Crippen LogP contribution in [-0.2, 0) is 7.05 Å². The number of benzene rings is 2. The van der Waals surface area contributed by atoms with Crippen LogP contribution in [-0.4, -0.2) is 26.7 Å². The minimum absolute atomic E-state index is 0.0280. The lowest BCUT2D eigenvalue weighted by molar-refractivity contribution is 0.0680. The fraction of sp³-hybridized carbons (Fsp3) is 0.174. The van der Waals surface area contributed by atoms with Crippen molar-refractivity contribution in [3.8, 4) is 28.3 Å². The Labute approximate surface area is 169 Å². The van der Waals surface area contributed by atoms with Crippen LogP contribution in [0.1, 0.15) is 46.7 Å². The number of carbonyl (C=O) groups is 2. The molecule has 1 aromatic heterocycles. The van der Waals surface area contributed by atoms with Crippen molar-refractivity contribution in [3.63, 3.8) is 0 Å². The van der Waals surface area contributed by atoms with Crippen molar-refractivity contribution in [1.82, 2.24) is 4.57 Å². The first-order valence-corrected chi connectivity index (χ1v) is 9.11. The van der Waals surface area contributed by atoms with E-state index in [0.29, 0.717) is 22.3 Å². The second-order valence-corrected chi connectivity index (χ2v) is 6.43. The van der Waals surface area contributed by atoms with E-state index >= 15 is 0 Å². The summed E-state index contributed by atoms with van der Waals surface area (Å²) < 4.78 is 1.41. The van der Waals surface area contributed by atoms with Crippen molar-refractivity contribution in [3.05, 3.63) is 71.5 Å². The molecular weight excluding hydrogens is 368 g/mol. The second-order valence-electron chi connectivity index (χ2n) is 6.43. The number of hydrogen-bond acceptors (Lipinski definition) is 3. The van der Waals surface area contributed by atoms with Crippen LogP contribution in [0.4, 0.5) is 0 Å². The smallest absolute Gasteiger partial charge is 0.353 e. The molecule has 0 aliphatic rings. The fourth-order valence-electron chi connectivity index (χ4n) is 3.00. The number of aryl methyl sites for hydroxylation is 1. The molecule has 0 spiro atoms. The van der Waals surface area contributed by atoms with Gasteiger partial charge in [-0.2, -0.15) is 5.26 Å². The van der Waals surface area contributed by atoms with E-state index in [0.717, 1.165) is 0 Å². The lowest BCUT2D eigenvalue weighted by Gasteiger charge is -2.08. The number of aromatic carboxylic acids is 2.